The van der Waals surface area contributed by atoms with Crippen LogP contribution in [0.2, 0.25) is 0 Å². The molecule has 1 atom stereocenters. The first-order valence-electron chi connectivity index (χ1n) is 12.3. The number of aryl methyl sites for hydroxylation is 1. The Hall–Kier alpha value is -4.75. The van der Waals surface area contributed by atoms with Gasteiger partial charge in [0.05, 0.1) is 52.7 Å². The Balaban J connectivity index is 1.17. The van der Waals surface area contributed by atoms with Crippen LogP contribution in [0.3, 0.4) is 0 Å². The molecule has 5 aromatic rings. The van der Waals surface area contributed by atoms with E-state index in [4.69, 9.17) is 24.5 Å². The minimum Gasteiger partial charge on any atom is -0.488 e. The zero-order chi connectivity index (χ0) is 26.9. The van der Waals surface area contributed by atoms with Gasteiger partial charge in [0.25, 0.3) is 0 Å². The van der Waals surface area contributed by atoms with Gasteiger partial charge in [-0.2, -0.15) is 5.26 Å². The van der Waals surface area contributed by atoms with Crippen molar-refractivity contribution in [3.63, 3.8) is 0 Å². The summed E-state index contributed by atoms with van der Waals surface area (Å²) < 4.78 is 17.7. The molecule has 194 valence electrons. The number of hydrogen-bond donors (Lipinski definition) is 1. The molecule has 9 nitrogen and oxygen atoms in total. The van der Waals surface area contributed by atoms with Gasteiger partial charge in [0.15, 0.2) is 0 Å². The number of carbonyl (C=O) groups is 1. The van der Waals surface area contributed by atoms with E-state index in [1.165, 1.54) is 0 Å². The molecule has 10 heteroatoms. The summed E-state index contributed by atoms with van der Waals surface area (Å²) in [5.74, 6) is 1.26. The van der Waals surface area contributed by atoms with Gasteiger partial charge in [-0.1, -0.05) is 12.1 Å². The molecule has 2 aromatic heterocycles. The second-order valence-electron chi connectivity index (χ2n) is 9.22. The molecule has 0 saturated heterocycles. The van der Waals surface area contributed by atoms with E-state index in [1.54, 1.807) is 42.8 Å². The predicted octanol–water partition coefficient (Wildman–Crippen LogP) is 5.33. The van der Waals surface area contributed by atoms with Crippen LogP contribution in [0.15, 0.2) is 54.7 Å². The average molecular weight is 538 g/mol. The van der Waals surface area contributed by atoms with Crippen LogP contribution in [0.5, 0.6) is 11.6 Å². The number of methoxy groups -OCH3 is 1. The lowest BCUT2D eigenvalue weighted by molar-refractivity contribution is 0.133. The molecular weight excluding hydrogens is 514 g/mol. The highest BCUT2D eigenvalue weighted by atomic mass is 32.1. The largest absolute Gasteiger partial charge is 0.488 e. The SMILES string of the molecule is COc1cnc2c(-c3nc4ccc5c(c4s3)CC(CNC(=O)OCc3cccc(C#N)c3)O5)cc(C)cc2n1. The van der Waals surface area contributed by atoms with E-state index in [9.17, 15) is 4.79 Å². The molecule has 6 rings (SSSR count). The molecule has 39 heavy (non-hydrogen) atoms. The molecule has 1 amide bonds. The Morgan fingerprint density at radius 2 is 2.10 bits per heavy atom. The number of rotatable bonds is 6. The van der Waals surface area contributed by atoms with Crippen LogP contribution in [0, 0.1) is 18.3 Å². The van der Waals surface area contributed by atoms with Crippen molar-refractivity contribution >= 4 is 38.7 Å². The third-order valence-electron chi connectivity index (χ3n) is 6.45. The molecule has 0 saturated carbocycles. The van der Waals surface area contributed by atoms with Gasteiger partial charge in [-0.15, -0.1) is 11.3 Å². The molecule has 3 aromatic carbocycles. The Bertz CT molecular complexity index is 1780. The standard InChI is InChI=1S/C29H23N5O4S/c1-16-8-21(26-23(9-16)33-25(36-2)14-31-26)28-34-22-6-7-24-20(27(22)39-28)11-19(38-24)13-32-29(35)37-15-18-5-3-4-17(10-18)12-30/h3-10,14,19H,11,13,15H2,1-2H3,(H,32,35). The van der Waals surface area contributed by atoms with Crippen molar-refractivity contribution in [2.75, 3.05) is 13.7 Å². The van der Waals surface area contributed by atoms with Gasteiger partial charge in [-0.05, 0) is 54.4 Å². The fourth-order valence-electron chi connectivity index (χ4n) is 4.65. The Kier molecular flexibility index (Phi) is 6.42. The summed E-state index contributed by atoms with van der Waals surface area (Å²) in [6.45, 7) is 2.41. The summed E-state index contributed by atoms with van der Waals surface area (Å²) in [4.78, 5) is 26.3. The number of ether oxygens (including phenoxy) is 3. The van der Waals surface area contributed by atoms with Gasteiger partial charge < -0.3 is 19.5 Å². The maximum absolute atomic E-state index is 12.3. The monoisotopic (exact) mass is 537 g/mol. The summed E-state index contributed by atoms with van der Waals surface area (Å²) in [5, 5.41) is 12.7. The quantitative estimate of drug-likeness (QED) is 0.309. The highest BCUT2D eigenvalue weighted by molar-refractivity contribution is 7.22. The molecule has 1 aliphatic rings. The first-order chi connectivity index (χ1) is 19.0. The topological polar surface area (TPSA) is 119 Å². The fourth-order valence-corrected chi connectivity index (χ4v) is 5.78. The number of thiazole rings is 1. The molecule has 1 N–H and O–H groups in total. The van der Waals surface area contributed by atoms with E-state index in [1.807, 2.05) is 31.2 Å². The molecule has 0 aliphatic carbocycles. The molecular formula is C29H23N5O4S. The Morgan fingerprint density at radius 3 is 2.95 bits per heavy atom. The van der Waals surface area contributed by atoms with Crippen molar-refractivity contribution in [3.05, 3.63) is 77.0 Å². The number of carbonyl (C=O) groups excluding carboxylic acids is 1. The lowest BCUT2D eigenvalue weighted by atomic mass is 10.1. The molecule has 0 radical (unpaired) electrons. The number of amides is 1. The summed E-state index contributed by atoms with van der Waals surface area (Å²) in [7, 11) is 1.57. The van der Waals surface area contributed by atoms with Crippen molar-refractivity contribution in [2.45, 2.75) is 26.1 Å². The van der Waals surface area contributed by atoms with Crippen LogP contribution in [0.25, 0.3) is 31.8 Å². The van der Waals surface area contributed by atoms with Crippen LogP contribution in [-0.2, 0) is 17.8 Å². The number of nitriles is 1. The maximum Gasteiger partial charge on any atom is 0.407 e. The zero-order valence-electron chi connectivity index (χ0n) is 21.2. The van der Waals surface area contributed by atoms with E-state index in [-0.39, 0.29) is 12.7 Å². The van der Waals surface area contributed by atoms with E-state index in [2.05, 4.69) is 27.4 Å². The summed E-state index contributed by atoms with van der Waals surface area (Å²) in [5.41, 5.74) is 6.76. The van der Waals surface area contributed by atoms with Crippen LogP contribution < -0.4 is 14.8 Å². The van der Waals surface area contributed by atoms with Crippen molar-refractivity contribution < 1.29 is 19.0 Å². The van der Waals surface area contributed by atoms with Crippen LogP contribution >= 0.6 is 11.3 Å². The van der Waals surface area contributed by atoms with Gasteiger partial charge >= 0.3 is 6.09 Å². The highest BCUT2D eigenvalue weighted by Gasteiger charge is 2.27. The molecule has 0 spiro atoms. The maximum atomic E-state index is 12.3. The van der Waals surface area contributed by atoms with Crippen LogP contribution in [0.1, 0.15) is 22.3 Å². The van der Waals surface area contributed by atoms with Gasteiger partial charge in [-0.25, -0.2) is 19.7 Å². The normalized spacial score (nSPS) is 14.0. The van der Waals surface area contributed by atoms with E-state index < -0.39 is 6.09 Å². The number of alkyl carbamates (subject to hydrolysis) is 1. The number of nitrogens with zero attached hydrogens (tertiary/aromatic N) is 4. The second kappa shape index (κ2) is 10.2. The summed E-state index contributed by atoms with van der Waals surface area (Å²) in [6, 6.07) is 17.0. The van der Waals surface area contributed by atoms with E-state index in [0.717, 1.165) is 54.3 Å². The van der Waals surface area contributed by atoms with Crippen molar-refractivity contribution in [2.24, 2.45) is 0 Å². The second-order valence-corrected chi connectivity index (χ2v) is 10.2. The number of benzene rings is 3. The van der Waals surface area contributed by atoms with E-state index >= 15 is 0 Å². The highest BCUT2D eigenvalue weighted by Crippen LogP contribution is 2.41. The van der Waals surface area contributed by atoms with Crippen LogP contribution in [-0.4, -0.2) is 40.8 Å². The predicted molar refractivity (Wildman–Crippen MR) is 147 cm³/mol. The van der Waals surface area contributed by atoms with Crippen molar-refractivity contribution in [1.29, 1.82) is 5.26 Å². The fraction of sp³-hybridized carbons (Fsp3) is 0.207. The number of aromatic nitrogens is 3. The van der Waals surface area contributed by atoms with Gasteiger partial charge in [-0.3, -0.25) is 0 Å². The molecule has 1 aliphatic heterocycles. The van der Waals surface area contributed by atoms with Crippen LogP contribution in [0.4, 0.5) is 4.79 Å². The third-order valence-corrected chi connectivity index (χ3v) is 7.62. The number of nitrogens with one attached hydrogen (secondary N) is 1. The average Bonchev–Trinajstić information content (AvgIpc) is 3.58. The third kappa shape index (κ3) is 4.92. The molecule has 1 unspecified atom stereocenters. The number of fused-ring (bicyclic) bond motifs is 4. The molecule has 0 bridgehead atoms. The first kappa shape index (κ1) is 24.6. The molecule has 3 heterocycles. The minimum atomic E-state index is -0.536. The smallest absolute Gasteiger partial charge is 0.407 e. The lowest BCUT2D eigenvalue weighted by Crippen LogP contribution is -2.34. The van der Waals surface area contributed by atoms with Gasteiger partial charge in [0, 0.05) is 17.5 Å². The minimum absolute atomic E-state index is 0.0855. The van der Waals surface area contributed by atoms with Gasteiger partial charge in [0.2, 0.25) is 5.88 Å². The van der Waals surface area contributed by atoms with Crippen molar-refractivity contribution in [3.8, 4) is 28.3 Å². The number of hydrogen-bond acceptors (Lipinski definition) is 9. The van der Waals surface area contributed by atoms with E-state index in [0.29, 0.717) is 24.4 Å². The zero-order valence-corrected chi connectivity index (χ0v) is 22.0. The summed E-state index contributed by atoms with van der Waals surface area (Å²) in [6.07, 6.45) is 1.51. The Labute approximate surface area is 228 Å². The molecule has 0 fully saturated rings. The summed E-state index contributed by atoms with van der Waals surface area (Å²) >= 11 is 1.60. The van der Waals surface area contributed by atoms with Crippen molar-refractivity contribution in [1.82, 2.24) is 20.3 Å². The lowest BCUT2D eigenvalue weighted by Gasteiger charge is -2.12. The Morgan fingerprint density at radius 1 is 1.21 bits per heavy atom. The first-order valence-corrected chi connectivity index (χ1v) is 13.1. The van der Waals surface area contributed by atoms with Gasteiger partial charge in [0.1, 0.15) is 23.5 Å².